The molecule has 0 spiro atoms. The van der Waals surface area contributed by atoms with E-state index in [1.54, 1.807) is 11.0 Å². The van der Waals surface area contributed by atoms with Crippen LogP contribution in [0.3, 0.4) is 0 Å². The maximum absolute atomic E-state index is 12.6. The summed E-state index contributed by atoms with van der Waals surface area (Å²) in [6.45, 7) is 11.4. The summed E-state index contributed by atoms with van der Waals surface area (Å²) >= 11 is 0. The standard InChI is InChI=1S/C24H29NO3/c1-4-18-25(23(26)27-20-21-13-9-7-10-14-21)19-17-24(5-2,28-6-3)22-15-11-8-12-16-22/h4-5,7-16H,1-2,6,17-20H2,3H3/t24-/m1/s1. The Bertz CT molecular complexity index is 745. The molecular weight excluding hydrogens is 350 g/mol. The molecular formula is C24H29NO3. The number of amides is 1. The first-order valence-corrected chi connectivity index (χ1v) is 9.54. The van der Waals surface area contributed by atoms with E-state index in [1.165, 1.54) is 0 Å². The van der Waals surface area contributed by atoms with Gasteiger partial charge >= 0.3 is 6.09 Å². The van der Waals surface area contributed by atoms with Gasteiger partial charge in [-0.15, -0.1) is 6.58 Å². The fourth-order valence-electron chi connectivity index (χ4n) is 3.08. The molecule has 0 unspecified atom stereocenters. The van der Waals surface area contributed by atoms with Crippen molar-refractivity contribution in [3.63, 3.8) is 0 Å². The quantitative estimate of drug-likeness (QED) is 0.496. The summed E-state index contributed by atoms with van der Waals surface area (Å²) in [5.41, 5.74) is 1.31. The van der Waals surface area contributed by atoms with Gasteiger partial charge in [-0.3, -0.25) is 0 Å². The third-order valence-electron chi connectivity index (χ3n) is 4.56. The topological polar surface area (TPSA) is 38.8 Å². The second-order valence-corrected chi connectivity index (χ2v) is 6.42. The number of rotatable bonds is 11. The van der Waals surface area contributed by atoms with E-state index >= 15 is 0 Å². The first-order chi connectivity index (χ1) is 13.6. The van der Waals surface area contributed by atoms with E-state index in [4.69, 9.17) is 9.47 Å². The van der Waals surface area contributed by atoms with Gasteiger partial charge in [0.1, 0.15) is 12.2 Å². The number of hydrogen-bond donors (Lipinski definition) is 0. The van der Waals surface area contributed by atoms with Crippen LogP contribution < -0.4 is 0 Å². The maximum Gasteiger partial charge on any atom is 0.410 e. The van der Waals surface area contributed by atoms with Gasteiger partial charge in [-0.2, -0.15) is 0 Å². The van der Waals surface area contributed by atoms with E-state index in [0.717, 1.165) is 11.1 Å². The highest BCUT2D eigenvalue weighted by Gasteiger charge is 2.30. The molecule has 2 aromatic rings. The van der Waals surface area contributed by atoms with Gasteiger partial charge in [0.15, 0.2) is 0 Å². The van der Waals surface area contributed by atoms with Crippen molar-refractivity contribution in [3.8, 4) is 0 Å². The van der Waals surface area contributed by atoms with Gasteiger partial charge in [-0.1, -0.05) is 79.4 Å². The van der Waals surface area contributed by atoms with Crippen LogP contribution in [0.5, 0.6) is 0 Å². The number of hydrogen-bond acceptors (Lipinski definition) is 3. The SMILES string of the molecule is C=CCN(CC[C@@](C=C)(OCC)c1ccccc1)C(=O)OCc1ccccc1. The summed E-state index contributed by atoms with van der Waals surface area (Å²) < 4.78 is 11.6. The highest BCUT2D eigenvalue weighted by molar-refractivity contribution is 5.67. The molecule has 2 rings (SSSR count). The van der Waals surface area contributed by atoms with Crippen molar-refractivity contribution < 1.29 is 14.3 Å². The second kappa shape index (κ2) is 11.1. The normalized spacial score (nSPS) is 12.6. The van der Waals surface area contributed by atoms with E-state index in [1.807, 2.05) is 73.7 Å². The molecule has 4 heteroatoms. The maximum atomic E-state index is 12.6. The molecule has 28 heavy (non-hydrogen) atoms. The average Bonchev–Trinajstić information content (AvgIpc) is 2.75. The van der Waals surface area contributed by atoms with Crippen LogP contribution in [-0.2, 0) is 21.7 Å². The molecule has 0 bridgehead atoms. The van der Waals surface area contributed by atoms with Crippen LogP contribution >= 0.6 is 0 Å². The Labute approximate surface area is 168 Å². The van der Waals surface area contributed by atoms with Crippen molar-refractivity contribution in [2.45, 2.75) is 25.6 Å². The summed E-state index contributed by atoms with van der Waals surface area (Å²) in [7, 11) is 0. The number of carbonyl (C=O) groups excluding carboxylic acids is 1. The minimum atomic E-state index is -0.658. The molecule has 0 N–H and O–H groups in total. The summed E-state index contributed by atoms with van der Waals surface area (Å²) in [5, 5.41) is 0. The van der Waals surface area contributed by atoms with Crippen LogP contribution in [0.2, 0.25) is 0 Å². The summed E-state index contributed by atoms with van der Waals surface area (Å²) in [5.74, 6) is 0. The zero-order chi connectivity index (χ0) is 20.2. The van der Waals surface area contributed by atoms with E-state index in [0.29, 0.717) is 26.1 Å². The fraction of sp³-hybridized carbons (Fsp3) is 0.292. The molecule has 0 aliphatic rings. The van der Waals surface area contributed by atoms with Crippen molar-refractivity contribution in [3.05, 3.63) is 97.1 Å². The molecule has 0 saturated heterocycles. The van der Waals surface area contributed by atoms with E-state index in [-0.39, 0.29) is 12.7 Å². The molecule has 2 aromatic carbocycles. The lowest BCUT2D eigenvalue weighted by atomic mass is 9.90. The molecule has 4 nitrogen and oxygen atoms in total. The fourth-order valence-corrected chi connectivity index (χ4v) is 3.08. The molecule has 0 heterocycles. The highest BCUT2D eigenvalue weighted by Crippen LogP contribution is 2.31. The van der Waals surface area contributed by atoms with E-state index < -0.39 is 5.60 Å². The van der Waals surface area contributed by atoms with Crippen LogP contribution in [0.1, 0.15) is 24.5 Å². The number of carbonyl (C=O) groups is 1. The Morgan fingerprint density at radius 3 is 2.29 bits per heavy atom. The predicted molar refractivity (Wildman–Crippen MR) is 113 cm³/mol. The molecule has 1 amide bonds. The lowest BCUT2D eigenvalue weighted by Gasteiger charge is -2.33. The Morgan fingerprint density at radius 1 is 1.07 bits per heavy atom. The van der Waals surface area contributed by atoms with Crippen LogP contribution in [0.25, 0.3) is 0 Å². The smallest absolute Gasteiger partial charge is 0.410 e. The molecule has 0 radical (unpaired) electrons. The van der Waals surface area contributed by atoms with Gasteiger partial charge in [-0.05, 0) is 18.1 Å². The van der Waals surface area contributed by atoms with Gasteiger partial charge in [-0.25, -0.2) is 4.79 Å². The van der Waals surface area contributed by atoms with Gasteiger partial charge in [0.05, 0.1) is 0 Å². The van der Waals surface area contributed by atoms with Crippen molar-refractivity contribution in [1.29, 1.82) is 0 Å². The Morgan fingerprint density at radius 2 is 1.71 bits per heavy atom. The molecule has 0 fully saturated rings. The van der Waals surface area contributed by atoms with Gasteiger partial charge < -0.3 is 14.4 Å². The van der Waals surface area contributed by atoms with Crippen molar-refractivity contribution >= 4 is 6.09 Å². The zero-order valence-electron chi connectivity index (χ0n) is 16.5. The second-order valence-electron chi connectivity index (χ2n) is 6.42. The largest absolute Gasteiger partial charge is 0.445 e. The monoisotopic (exact) mass is 379 g/mol. The number of ether oxygens (including phenoxy) is 2. The van der Waals surface area contributed by atoms with Crippen molar-refractivity contribution in [1.82, 2.24) is 4.90 Å². The molecule has 0 aliphatic carbocycles. The van der Waals surface area contributed by atoms with Crippen molar-refractivity contribution in [2.75, 3.05) is 19.7 Å². The van der Waals surface area contributed by atoms with Gasteiger partial charge in [0.25, 0.3) is 0 Å². The summed E-state index contributed by atoms with van der Waals surface area (Å²) in [6.07, 6.45) is 3.71. The highest BCUT2D eigenvalue weighted by atomic mass is 16.6. The zero-order valence-corrected chi connectivity index (χ0v) is 16.5. The lowest BCUT2D eigenvalue weighted by molar-refractivity contribution is -0.0169. The van der Waals surface area contributed by atoms with Crippen LogP contribution in [0.15, 0.2) is 86.0 Å². The lowest BCUT2D eigenvalue weighted by Crippen LogP contribution is -2.38. The first kappa shape index (κ1) is 21.5. The molecule has 148 valence electrons. The summed E-state index contributed by atoms with van der Waals surface area (Å²) in [4.78, 5) is 14.2. The molecule has 1 atom stereocenters. The van der Waals surface area contributed by atoms with Crippen LogP contribution in [0.4, 0.5) is 4.79 Å². The number of nitrogens with zero attached hydrogens (tertiary/aromatic N) is 1. The molecule has 0 saturated carbocycles. The van der Waals surface area contributed by atoms with Gasteiger partial charge in [0.2, 0.25) is 0 Å². The first-order valence-electron chi connectivity index (χ1n) is 9.54. The van der Waals surface area contributed by atoms with Crippen LogP contribution in [-0.4, -0.2) is 30.7 Å². The Hall–Kier alpha value is -2.85. The number of benzene rings is 2. The molecule has 0 aliphatic heterocycles. The van der Waals surface area contributed by atoms with Crippen LogP contribution in [0, 0.1) is 0 Å². The van der Waals surface area contributed by atoms with E-state index in [2.05, 4.69) is 13.2 Å². The van der Waals surface area contributed by atoms with Gasteiger partial charge in [0, 0.05) is 26.1 Å². The van der Waals surface area contributed by atoms with Crippen molar-refractivity contribution in [2.24, 2.45) is 0 Å². The molecule has 0 aromatic heterocycles. The average molecular weight is 380 g/mol. The third-order valence-corrected chi connectivity index (χ3v) is 4.56. The summed E-state index contributed by atoms with van der Waals surface area (Å²) in [6, 6.07) is 19.6. The Kier molecular flexibility index (Phi) is 8.50. The Balaban J connectivity index is 2.07. The predicted octanol–water partition coefficient (Wildman–Crippen LogP) is 5.32. The third kappa shape index (κ3) is 5.83. The van der Waals surface area contributed by atoms with E-state index in [9.17, 15) is 4.79 Å². The minimum Gasteiger partial charge on any atom is -0.445 e. The minimum absolute atomic E-state index is 0.240.